The van der Waals surface area contributed by atoms with Crippen LogP contribution in [0, 0.1) is 11.2 Å². The van der Waals surface area contributed by atoms with Crippen molar-refractivity contribution in [1.82, 2.24) is 4.90 Å². The van der Waals surface area contributed by atoms with Gasteiger partial charge in [-0.15, -0.1) is 0 Å². The number of phenols is 1. The van der Waals surface area contributed by atoms with Crippen LogP contribution in [-0.4, -0.2) is 51.3 Å². The quantitative estimate of drug-likeness (QED) is 0.762. The molecule has 27 heavy (non-hydrogen) atoms. The van der Waals surface area contributed by atoms with Crippen molar-refractivity contribution in [2.24, 2.45) is 5.41 Å². The molecule has 2 aromatic rings. The van der Waals surface area contributed by atoms with Crippen LogP contribution in [0.4, 0.5) is 4.39 Å². The number of carboxylic acids is 1. The number of amides is 1. The number of carboxylic acid groups (broad SMARTS) is 1. The number of rotatable bonds is 4. The van der Waals surface area contributed by atoms with Gasteiger partial charge in [0.15, 0.2) is 0 Å². The maximum atomic E-state index is 13.2. The molecular formula is C20H20FNO5. The number of hydrogen-bond acceptors (Lipinski definition) is 4. The van der Waals surface area contributed by atoms with Crippen LogP contribution in [0.3, 0.4) is 0 Å². The van der Waals surface area contributed by atoms with Crippen molar-refractivity contribution >= 4 is 11.9 Å². The van der Waals surface area contributed by atoms with Crippen molar-refractivity contribution in [3.8, 4) is 5.75 Å². The maximum absolute atomic E-state index is 13.2. The second kappa shape index (κ2) is 7.36. The van der Waals surface area contributed by atoms with Crippen LogP contribution in [0.1, 0.15) is 22.3 Å². The molecule has 1 saturated heterocycles. The maximum Gasteiger partial charge on any atom is 0.314 e. The molecule has 2 atom stereocenters. The van der Waals surface area contributed by atoms with Crippen LogP contribution in [0.2, 0.25) is 0 Å². The zero-order valence-electron chi connectivity index (χ0n) is 14.5. The van der Waals surface area contributed by atoms with Gasteiger partial charge in [0.1, 0.15) is 17.0 Å². The van der Waals surface area contributed by atoms with Crippen LogP contribution >= 0.6 is 0 Å². The molecule has 3 rings (SSSR count). The van der Waals surface area contributed by atoms with E-state index in [0.29, 0.717) is 0 Å². The number of aliphatic hydroxyl groups is 1. The third-order valence-corrected chi connectivity index (χ3v) is 5.05. The van der Waals surface area contributed by atoms with Gasteiger partial charge in [0, 0.05) is 19.2 Å². The molecule has 6 nitrogen and oxygen atoms in total. The lowest BCUT2D eigenvalue weighted by Crippen LogP contribution is -2.58. The van der Waals surface area contributed by atoms with Gasteiger partial charge in [-0.25, -0.2) is 4.39 Å². The number of carbonyl (C=O) groups excluding carboxylic acids is 1. The van der Waals surface area contributed by atoms with Crippen LogP contribution in [0.15, 0.2) is 48.5 Å². The van der Waals surface area contributed by atoms with Crippen molar-refractivity contribution in [3.05, 3.63) is 65.5 Å². The molecular weight excluding hydrogens is 353 g/mol. The molecule has 1 aliphatic rings. The summed E-state index contributed by atoms with van der Waals surface area (Å²) >= 11 is 0. The van der Waals surface area contributed by atoms with E-state index in [9.17, 15) is 29.3 Å². The van der Waals surface area contributed by atoms with Gasteiger partial charge in [-0.05, 0) is 30.5 Å². The molecule has 0 unspecified atom stereocenters. The van der Waals surface area contributed by atoms with Gasteiger partial charge in [0.25, 0.3) is 5.91 Å². The number of phenolic OH excluding ortho intramolecular Hbond substituents is 1. The Morgan fingerprint density at radius 1 is 1.19 bits per heavy atom. The number of halogens is 1. The van der Waals surface area contributed by atoms with E-state index in [4.69, 9.17) is 0 Å². The van der Waals surface area contributed by atoms with Crippen molar-refractivity contribution in [1.29, 1.82) is 0 Å². The molecule has 1 aliphatic heterocycles. The average molecular weight is 373 g/mol. The number of nitrogens with zero attached hydrogens (tertiary/aromatic N) is 1. The summed E-state index contributed by atoms with van der Waals surface area (Å²) in [6, 6.07) is 12.0. The third kappa shape index (κ3) is 3.64. The third-order valence-electron chi connectivity index (χ3n) is 5.05. The fraction of sp³-hybridized carbons (Fsp3) is 0.300. The summed E-state index contributed by atoms with van der Waals surface area (Å²) in [5.74, 6) is -2.98. The normalized spacial score (nSPS) is 22.4. The number of aromatic hydroxyl groups is 1. The molecule has 0 aliphatic carbocycles. The largest absolute Gasteiger partial charge is 0.507 e. The number of aliphatic hydroxyl groups excluding tert-OH is 1. The van der Waals surface area contributed by atoms with Crippen LogP contribution in [-0.2, 0) is 11.2 Å². The number of aliphatic carboxylic acids is 1. The first kappa shape index (κ1) is 18.8. The second-order valence-electron chi connectivity index (χ2n) is 6.82. The number of likely N-dealkylation sites (tertiary alicyclic amines) is 1. The molecule has 2 aromatic carbocycles. The summed E-state index contributed by atoms with van der Waals surface area (Å²) in [7, 11) is 0. The number of hydrogen-bond donors (Lipinski definition) is 3. The zero-order valence-corrected chi connectivity index (χ0v) is 14.5. The van der Waals surface area contributed by atoms with Gasteiger partial charge < -0.3 is 20.2 Å². The molecule has 1 heterocycles. The Bertz CT molecular complexity index is 857. The summed E-state index contributed by atoms with van der Waals surface area (Å²) in [5.41, 5.74) is -0.935. The Hall–Kier alpha value is -2.93. The highest BCUT2D eigenvalue weighted by atomic mass is 19.1. The summed E-state index contributed by atoms with van der Waals surface area (Å²) < 4.78 is 13.2. The van der Waals surface area contributed by atoms with Crippen LogP contribution < -0.4 is 0 Å². The highest BCUT2D eigenvalue weighted by Crippen LogP contribution is 2.36. The Balaban J connectivity index is 1.91. The smallest absolute Gasteiger partial charge is 0.314 e. The number of carbonyl (C=O) groups is 2. The highest BCUT2D eigenvalue weighted by Gasteiger charge is 2.50. The molecule has 142 valence electrons. The first-order valence-electron chi connectivity index (χ1n) is 8.57. The molecule has 0 saturated carbocycles. The SMILES string of the molecule is O=C(c1ccc(F)cc1O)N1CC[C@H](O)[C@](Cc2ccccc2)(C(=O)O)C1. The van der Waals surface area contributed by atoms with Crippen molar-refractivity contribution in [2.75, 3.05) is 13.1 Å². The van der Waals surface area contributed by atoms with E-state index in [2.05, 4.69) is 0 Å². The molecule has 0 radical (unpaired) electrons. The Kier molecular flexibility index (Phi) is 5.14. The summed E-state index contributed by atoms with van der Waals surface area (Å²) in [6.45, 7) is -0.0747. The van der Waals surface area contributed by atoms with Gasteiger partial charge in [-0.3, -0.25) is 9.59 Å². The molecule has 1 amide bonds. The van der Waals surface area contributed by atoms with Crippen LogP contribution in [0.25, 0.3) is 0 Å². The van der Waals surface area contributed by atoms with Crippen molar-refractivity contribution in [3.63, 3.8) is 0 Å². The minimum atomic E-state index is -1.56. The summed E-state index contributed by atoms with van der Waals surface area (Å²) in [6.07, 6.45) is -0.975. The van der Waals surface area contributed by atoms with E-state index >= 15 is 0 Å². The van der Waals surface area contributed by atoms with Crippen molar-refractivity contribution in [2.45, 2.75) is 18.9 Å². The minimum Gasteiger partial charge on any atom is -0.507 e. The topological polar surface area (TPSA) is 98.1 Å². The van der Waals surface area contributed by atoms with E-state index in [1.54, 1.807) is 30.3 Å². The number of piperidine rings is 1. The molecule has 0 bridgehead atoms. The lowest BCUT2D eigenvalue weighted by Gasteiger charge is -2.43. The van der Waals surface area contributed by atoms with E-state index in [0.717, 1.165) is 23.8 Å². The predicted molar refractivity (Wildman–Crippen MR) is 94.8 cm³/mol. The lowest BCUT2D eigenvalue weighted by atomic mass is 9.72. The van der Waals surface area contributed by atoms with E-state index in [1.165, 1.54) is 4.90 Å². The second-order valence-corrected chi connectivity index (χ2v) is 6.82. The average Bonchev–Trinajstić information content (AvgIpc) is 2.64. The van der Waals surface area contributed by atoms with Gasteiger partial charge >= 0.3 is 5.97 Å². The van der Waals surface area contributed by atoms with Gasteiger partial charge in [-0.1, -0.05) is 30.3 Å². The van der Waals surface area contributed by atoms with Gasteiger partial charge in [0.05, 0.1) is 11.7 Å². The Morgan fingerprint density at radius 2 is 1.89 bits per heavy atom. The molecule has 0 aromatic heterocycles. The monoisotopic (exact) mass is 373 g/mol. The molecule has 1 fully saturated rings. The van der Waals surface area contributed by atoms with Crippen LogP contribution in [0.5, 0.6) is 5.75 Å². The predicted octanol–water partition coefficient (Wildman–Crippen LogP) is 2.05. The Labute approximate surface area is 155 Å². The van der Waals surface area contributed by atoms with Gasteiger partial charge in [0.2, 0.25) is 0 Å². The molecule has 7 heteroatoms. The fourth-order valence-electron chi connectivity index (χ4n) is 3.53. The van der Waals surface area contributed by atoms with E-state index in [1.807, 2.05) is 0 Å². The fourth-order valence-corrected chi connectivity index (χ4v) is 3.53. The van der Waals surface area contributed by atoms with E-state index in [-0.39, 0.29) is 31.5 Å². The lowest BCUT2D eigenvalue weighted by molar-refractivity contribution is -0.161. The number of benzene rings is 2. The molecule has 3 N–H and O–H groups in total. The summed E-state index contributed by atoms with van der Waals surface area (Å²) in [4.78, 5) is 26.2. The first-order valence-corrected chi connectivity index (χ1v) is 8.57. The van der Waals surface area contributed by atoms with Gasteiger partial charge in [-0.2, -0.15) is 0 Å². The summed E-state index contributed by atoms with van der Waals surface area (Å²) in [5, 5.41) is 30.2. The molecule has 0 spiro atoms. The van der Waals surface area contributed by atoms with E-state index < -0.39 is 35.0 Å². The zero-order chi connectivity index (χ0) is 19.6. The van der Waals surface area contributed by atoms with Crippen molar-refractivity contribution < 1.29 is 29.3 Å². The minimum absolute atomic E-state index is 0.0590. The first-order chi connectivity index (χ1) is 12.8. The Morgan fingerprint density at radius 3 is 2.52 bits per heavy atom. The highest BCUT2D eigenvalue weighted by molar-refractivity contribution is 5.97. The standard InChI is InChI=1S/C20H20FNO5/c21-14-6-7-15(16(23)10-14)18(25)22-9-8-17(24)20(12-22,19(26)27)11-13-4-2-1-3-5-13/h1-7,10,17,23-24H,8-9,11-12H2,(H,26,27)/t17-,20+/m0/s1.